The van der Waals surface area contributed by atoms with E-state index in [0.29, 0.717) is 13.0 Å². The van der Waals surface area contributed by atoms with Gasteiger partial charge in [0.15, 0.2) is 0 Å². The molecule has 126 valence electrons. The van der Waals surface area contributed by atoms with Gasteiger partial charge in [-0.25, -0.2) is 4.98 Å². The van der Waals surface area contributed by atoms with Gasteiger partial charge in [0.2, 0.25) is 0 Å². The Morgan fingerprint density at radius 1 is 1.24 bits per heavy atom. The third kappa shape index (κ3) is 3.53. The number of aromatic nitrogens is 2. The largest absolute Gasteiger partial charge is 0.492 e. The molecule has 2 aromatic heterocycles. The van der Waals surface area contributed by atoms with Crippen LogP contribution in [-0.2, 0) is 22.6 Å². The van der Waals surface area contributed by atoms with Crippen LogP contribution in [0.2, 0.25) is 0 Å². The van der Waals surface area contributed by atoms with Crippen molar-refractivity contribution < 1.29 is 14.3 Å². The number of benzene rings is 1. The summed E-state index contributed by atoms with van der Waals surface area (Å²) >= 11 is 1.49. The number of pyridine rings is 1. The minimum absolute atomic E-state index is 0.167. The number of nitrogens with zero attached hydrogens (tertiary/aromatic N) is 2. The van der Waals surface area contributed by atoms with Gasteiger partial charge in [-0.05, 0) is 30.2 Å². The second kappa shape index (κ2) is 7.03. The first kappa shape index (κ1) is 15.8. The maximum absolute atomic E-state index is 12.3. The molecule has 1 aliphatic heterocycles. The zero-order valence-corrected chi connectivity index (χ0v) is 14.2. The number of esters is 1. The van der Waals surface area contributed by atoms with E-state index in [1.807, 2.05) is 47.8 Å². The van der Waals surface area contributed by atoms with Crippen LogP contribution in [0.3, 0.4) is 0 Å². The Morgan fingerprint density at radius 3 is 3.00 bits per heavy atom. The normalized spacial score (nSPS) is 15.9. The summed E-state index contributed by atoms with van der Waals surface area (Å²) < 4.78 is 11.1. The fourth-order valence-corrected chi connectivity index (χ4v) is 3.50. The molecule has 3 heterocycles. The lowest BCUT2D eigenvalue weighted by Gasteiger charge is -2.23. The fraction of sp³-hybridized carbons (Fsp3) is 0.211. The summed E-state index contributed by atoms with van der Waals surface area (Å²) in [5.41, 5.74) is 2.60. The van der Waals surface area contributed by atoms with Crippen LogP contribution in [0.4, 0.5) is 0 Å². The smallest absolute Gasteiger partial charge is 0.313 e. The van der Waals surface area contributed by atoms with Crippen LogP contribution in [0.5, 0.6) is 5.75 Å². The molecule has 1 aromatic carbocycles. The van der Waals surface area contributed by atoms with E-state index < -0.39 is 0 Å². The minimum Gasteiger partial charge on any atom is -0.492 e. The number of hydrogen-bond acceptors (Lipinski definition) is 6. The molecule has 4 rings (SSSR count). The Bertz CT molecular complexity index is 879. The van der Waals surface area contributed by atoms with Crippen LogP contribution in [0.15, 0.2) is 54.0 Å². The molecular weight excluding hydrogens is 336 g/mol. The summed E-state index contributed by atoms with van der Waals surface area (Å²) in [6, 6.07) is 13.5. The average Bonchev–Trinajstić information content (AvgIpc) is 3.15. The lowest BCUT2D eigenvalue weighted by molar-refractivity contribution is -0.151. The number of carbonyl (C=O) groups is 1. The molecule has 0 saturated heterocycles. The molecule has 0 N–H and O–H groups in total. The molecule has 0 saturated carbocycles. The second-order valence-corrected chi connectivity index (χ2v) is 6.64. The molecule has 0 fully saturated rings. The van der Waals surface area contributed by atoms with Crippen molar-refractivity contribution in [1.82, 2.24) is 9.97 Å². The molecule has 25 heavy (non-hydrogen) atoms. The first-order valence-corrected chi connectivity index (χ1v) is 8.91. The number of rotatable bonds is 4. The predicted octanol–water partition coefficient (Wildman–Crippen LogP) is 3.50. The van der Waals surface area contributed by atoms with Crippen molar-refractivity contribution in [3.63, 3.8) is 0 Å². The molecular formula is C19H16N2O3S. The molecule has 1 aliphatic rings. The molecule has 1 unspecified atom stereocenters. The van der Waals surface area contributed by atoms with Crippen LogP contribution in [0.1, 0.15) is 11.3 Å². The van der Waals surface area contributed by atoms with Crippen molar-refractivity contribution in [2.24, 2.45) is 5.92 Å². The van der Waals surface area contributed by atoms with Crippen molar-refractivity contribution in [3.8, 4) is 16.5 Å². The lowest BCUT2D eigenvalue weighted by Crippen LogP contribution is -2.29. The quantitative estimate of drug-likeness (QED) is 0.673. The molecule has 6 heteroatoms. The van der Waals surface area contributed by atoms with Crippen LogP contribution in [0, 0.1) is 5.92 Å². The van der Waals surface area contributed by atoms with Gasteiger partial charge in [-0.3, -0.25) is 9.78 Å². The van der Waals surface area contributed by atoms with Gasteiger partial charge in [0.05, 0.1) is 17.3 Å². The van der Waals surface area contributed by atoms with Gasteiger partial charge in [0.1, 0.15) is 24.0 Å². The summed E-state index contributed by atoms with van der Waals surface area (Å²) in [6.45, 7) is 0.520. The monoisotopic (exact) mass is 352 g/mol. The Balaban J connectivity index is 1.36. The minimum atomic E-state index is -0.274. The summed E-state index contributed by atoms with van der Waals surface area (Å²) in [5.74, 6) is 0.330. The van der Waals surface area contributed by atoms with Gasteiger partial charge in [-0.1, -0.05) is 24.3 Å². The van der Waals surface area contributed by atoms with Crippen LogP contribution in [0.25, 0.3) is 10.7 Å². The van der Waals surface area contributed by atoms with Crippen molar-refractivity contribution in [2.75, 3.05) is 6.61 Å². The molecule has 0 bridgehead atoms. The number of carbonyl (C=O) groups excluding carboxylic acids is 1. The summed E-state index contributed by atoms with van der Waals surface area (Å²) in [7, 11) is 0. The van der Waals surface area contributed by atoms with Crippen molar-refractivity contribution >= 4 is 17.3 Å². The topological polar surface area (TPSA) is 61.3 Å². The third-order valence-electron chi connectivity index (χ3n) is 4.01. The van der Waals surface area contributed by atoms with Gasteiger partial charge >= 0.3 is 5.97 Å². The summed E-state index contributed by atoms with van der Waals surface area (Å²) in [6.07, 6.45) is 2.38. The Labute approximate surface area is 149 Å². The molecule has 5 nitrogen and oxygen atoms in total. The predicted molar refractivity (Wildman–Crippen MR) is 94.3 cm³/mol. The fourth-order valence-electron chi connectivity index (χ4n) is 2.72. The van der Waals surface area contributed by atoms with E-state index in [9.17, 15) is 4.79 Å². The number of ether oxygens (including phenoxy) is 2. The molecule has 0 amide bonds. The van der Waals surface area contributed by atoms with Gasteiger partial charge in [0, 0.05) is 11.6 Å². The Hall–Kier alpha value is -2.73. The van der Waals surface area contributed by atoms with E-state index in [1.165, 1.54) is 11.3 Å². The standard InChI is InChI=1S/C19H16N2O3S/c22-19(14-9-13-5-1-2-7-17(13)23-10-14)24-11-15-12-25-18(21-15)16-6-3-4-8-20-16/h1-8,12,14H,9-11H2. The SMILES string of the molecule is O=C(OCc1csc(-c2ccccn2)n1)C1COc2ccccc2C1. The van der Waals surface area contributed by atoms with Crippen molar-refractivity contribution in [2.45, 2.75) is 13.0 Å². The number of thiazole rings is 1. The first-order valence-electron chi connectivity index (χ1n) is 8.03. The highest BCUT2D eigenvalue weighted by Crippen LogP contribution is 2.28. The van der Waals surface area contributed by atoms with Crippen molar-refractivity contribution in [1.29, 1.82) is 0 Å². The van der Waals surface area contributed by atoms with Gasteiger partial charge in [0.25, 0.3) is 0 Å². The van der Waals surface area contributed by atoms with Crippen LogP contribution in [-0.4, -0.2) is 22.5 Å². The number of para-hydroxylation sites is 1. The maximum atomic E-state index is 12.3. The zero-order valence-electron chi connectivity index (χ0n) is 13.4. The van der Waals surface area contributed by atoms with E-state index in [-0.39, 0.29) is 18.5 Å². The van der Waals surface area contributed by atoms with E-state index >= 15 is 0 Å². The Morgan fingerprint density at radius 2 is 2.12 bits per heavy atom. The number of hydrogen-bond donors (Lipinski definition) is 0. The van der Waals surface area contributed by atoms with Gasteiger partial charge < -0.3 is 9.47 Å². The highest BCUT2D eigenvalue weighted by molar-refractivity contribution is 7.13. The molecule has 3 aromatic rings. The number of fused-ring (bicyclic) bond motifs is 1. The first-order chi connectivity index (χ1) is 12.3. The van der Waals surface area contributed by atoms with Gasteiger partial charge in [-0.15, -0.1) is 11.3 Å². The van der Waals surface area contributed by atoms with Crippen molar-refractivity contribution in [3.05, 3.63) is 65.3 Å². The van der Waals surface area contributed by atoms with Crippen LogP contribution >= 0.6 is 11.3 Å². The van der Waals surface area contributed by atoms with E-state index in [1.54, 1.807) is 6.20 Å². The maximum Gasteiger partial charge on any atom is 0.313 e. The Kier molecular flexibility index (Phi) is 4.43. The van der Waals surface area contributed by atoms with Gasteiger partial charge in [-0.2, -0.15) is 0 Å². The summed E-state index contributed by atoms with van der Waals surface area (Å²) in [4.78, 5) is 21.1. The summed E-state index contributed by atoms with van der Waals surface area (Å²) in [5, 5.41) is 2.71. The zero-order chi connectivity index (χ0) is 17.1. The second-order valence-electron chi connectivity index (χ2n) is 5.79. The van der Waals surface area contributed by atoms with Crippen LogP contribution < -0.4 is 4.74 Å². The highest BCUT2D eigenvalue weighted by Gasteiger charge is 2.27. The van der Waals surface area contributed by atoms with E-state index in [4.69, 9.17) is 9.47 Å². The van der Waals surface area contributed by atoms with E-state index in [2.05, 4.69) is 9.97 Å². The average molecular weight is 352 g/mol. The molecule has 0 aliphatic carbocycles. The van der Waals surface area contributed by atoms with E-state index in [0.717, 1.165) is 27.7 Å². The lowest BCUT2D eigenvalue weighted by atomic mass is 9.97. The highest BCUT2D eigenvalue weighted by atomic mass is 32.1. The molecule has 0 radical (unpaired) electrons. The third-order valence-corrected chi connectivity index (χ3v) is 4.92. The molecule has 0 spiro atoms. The molecule has 1 atom stereocenters.